The molecule has 3 heteroatoms. The fourth-order valence-corrected chi connectivity index (χ4v) is 4.74. The summed E-state index contributed by atoms with van der Waals surface area (Å²) in [6, 6.07) is 25.7. The fourth-order valence-electron chi connectivity index (χ4n) is 4.74. The normalized spacial score (nSPS) is 12.3. The second-order valence-corrected chi connectivity index (χ2v) is 11.3. The van der Waals surface area contributed by atoms with Gasteiger partial charge in [0.25, 0.3) is 0 Å². The molecule has 35 heavy (non-hydrogen) atoms. The summed E-state index contributed by atoms with van der Waals surface area (Å²) in [6.07, 6.45) is 1.72. The summed E-state index contributed by atoms with van der Waals surface area (Å²) in [7, 11) is 0. The van der Waals surface area contributed by atoms with Crippen molar-refractivity contribution < 1.29 is 0 Å². The molecule has 0 amide bonds. The molecule has 0 N–H and O–H groups in total. The third-order valence-corrected chi connectivity index (χ3v) is 6.79. The lowest BCUT2D eigenvalue weighted by atomic mass is 9.85. The summed E-state index contributed by atoms with van der Waals surface area (Å²) >= 11 is 0. The Bertz CT molecular complexity index is 1540. The van der Waals surface area contributed by atoms with E-state index in [0.29, 0.717) is 5.69 Å². The van der Waals surface area contributed by atoms with E-state index >= 15 is 0 Å². The third kappa shape index (κ3) is 4.00. The number of pyridine rings is 1. The molecule has 0 atom stereocenters. The molecule has 0 aliphatic carbocycles. The molecule has 2 aromatic heterocycles. The van der Waals surface area contributed by atoms with Crippen LogP contribution in [0.3, 0.4) is 0 Å². The SMILES string of the molecule is [C-]#[N+]c1ccnc(-c2ccccc2-n2c3ccc(C(C)(C)C)cc3c3cc(C(C)(C)C)ccc32)c1. The lowest BCUT2D eigenvalue weighted by molar-refractivity contribution is 0.590. The average Bonchev–Trinajstić information content (AvgIpc) is 3.16. The van der Waals surface area contributed by atoms with Gasteiger partial charge in [-0.05, 0) is 64.4 Å². The quantitative estimate of drug-likeness (QED) is 0.242. The molecule has 0 bridgehead atoms. The van der Waals surface area contributed by atoms with Crippen LogP contribution in [0.2, 0.25) is 0 Å². The summed E-state index contributed by atoms with van der Waals surface area (Å²) in [5, 5.41) is 2.52. The fraction of sp³-hybridized carbons (Fsp3) is 0.250. The largest absolute Gasteiger partial charge is 0.309 e. The lowest BCUT2D eigenvalue weighted by Crippen LogP contribution is -2.10. The molecule has 5 rings (SSSR count). The van der Waals surface area contributed by atoms with Gasteiger partial charge in [0.1, 0.15) is 0 Å². The molecule has 2 heterocycles. The van der Waals surface area contributed by atoms with Crippen LogP contribution in [0.5, 0.6) is 0 Å². The number of aromatic nitrogens is 2. The zero-order chi connectivity index (χ0) is 25.0. The first-order valence-electron chi connectivity index (χ1n) is 12.1. The Labute approximate surface area is 207 Å². The molecule has 3 aromatic carbocycles. The zero-order valence-corrected chi connectivity index (χ0v) is 21.3. The van der Waals surface area contributed by atoms with Gasteiger partial charge in [-0.1, -0.05) is 71.9 Å². The molecule has 0 aliphatic rings. The Morgan fingerprint density at radius 3 is 1.83 bits per heavy atom. The monoisotopic (exact) mass is 457 g/mol. The van der Waals surface area contributed by atoms with E-state index in [2.05, 4.69) is 111 Å². The van der Waals surface area contributed by atoms with Gasteiger partial charge in [0, 0.05) is 22.5 Å². The van der Waals surface area contributed by atoms with Crippen molar-refractivity contribution in [3.05, 3.63) is 102 Å². The molecule has 5 aromatic rings. The summed E-state index contributed by atoms with van der Waals surface area (Å²) < 4.78 is 2.35. The van der Waals surface area contributed by atoms with Crippen LogP contribution in [0.4, 0.5) is 5.69 Å². The highest BCUT2D eigenvalue weighted by Crippen LogP contribution is 2.39. The Kier molecular flexibility index (Phi) is 5.29. The highest BCUT2D eigenvalue weighted by Gasteiger charge is 2.21. The highest BCUT2D eigenvalue weighted by atomic mass is 15.0. The minimum absolute atomic E-state index is 0.0618. The summed E-state index contributed by atoms with van der Waals surface area (Å²) in [5.41, 5.74) is 8.60. The van der Waals surface area contributed by atoms with Crippen molar-refractivity contribution >= 4 is 27.5 Å². The van der Waals surface area contributed by atoms with Gasteiger partial charge in [0.05, 0.1) is 29.0 Å². The Balaban J connectivity index is 1.88. The van der Waals surface area contributed by atoms with Gasteiger partial charge >= 0.3 is 0 Å². The third-order valence-electron chi connectivity index (χ3n) is 6.79. The van der Waals surface area contributed by atoms with Crippen molar-refractivity contribution in [3.8, 4) is 16.9 Å². The second-order valence-electron chi connectivity index (χ2n) is 11.3. The number of fused-ring (bicyclic) bond motifs is 3. The molecule has 0 unspecified atom stereocenters. The zero-order valence-electron chi connectivity index (χ0n) is 21.3. The first-order valence-corrected chi connectivity index (χ1v) is 12.1. The first kappa shape index (κ1) is 22.9. The van der Waals surface area contributed by atoms with Gasteiger partial charge in [-0.25, -0.2) is 4.85 Å². The summed E-state index contributed by atoms with van der Waals surface area (Å²) in [4.78, 5) is 8.24. The summed E-state index contributed by atoms with van der Waals surface area (Å²) in [6.45, 7) is 21.0. The predicted molar refractivity (Wildman–Crippen MR) is 148 cm³/mol. The van der Waals surface area contributed by atoms with Crippen LogP contribution in [-0.2, 0) is 10.8 Å². The Morgan fingerprint density at radius 2 is 1.29 bits per heavy atom. The minimum atomic E-state index is 0.0618. The molecule has 3 nitrogen and oxygen atoms in total. The summed E-state index contributed by atoms with van der Waals surface area (Å²) in [5.74, 6) is 0. The molecule has 0 aliphatic heterocycles. The Hall–Kier alpha value is -3.90. The van der Waals surface area contributed by atoms with E-state index in [-0.39, 0.29) is 10.8 Å². The van der Waals surface area contributed by atoms with Gasteiger partial charge < -0.3 is 4.57 Å². The maximum atomic E-state index is 7.44. The number of nitrogens with zero attached hydrogens (tertiary/aromatic N) is 3. The smallest absolute Gasteiger partial charge is 0.190 e. The van der Waals surface area contributed by atoms with Crippen molar-refractivity contribution in [2.75, 3.05) is 0 Å². The standard InChI is InChI=1S/C32H31N3/c1-31(2,3)21-12-14-29-25(18-21)26-19-22(32(4,5)6)13-15-30(26)35(29)28-11-9-8-10-24(28)27-20-23(33-7)16-17-34-27/h8-20H,1-6H3. The number of rotatable bonds is 2. The second kappa shape index (κ2) is 8.10. The molecule has 0 fully saturated rings. The van der Waals surface area contributed by atoms with Gasteiger partial charge in [-0.3, -0.25) is 4.98 Å². The van der Waals surface area contributed by atoms with Crippen LogP contribution >= 0.6 is 0 Å². The van der Waals surface area contributed by atoms with Gasteiger partial charge in [0.15, 0.2) is 5.69 Å². The van der Waals surface area contributed by atoms with E-state index in [1.54, 1.807) is 12.3 Å². The maximum absolute atomic E-state index is 7.44. The van der Waals surface area contributed by atoms with Crippen molar-refractivity contribution in [2.45, 2.75) is 52.4 Å². The maximum Gasteiger partial charge on any atom is 0.190 e. The molecule has 0 spiro atoms. The van der Waals surface area contributed by atoms with E-state index in [0.717, 1.165) is 16.9 Å². The minimum Gasteiger partial charge on any atom is -0.309 e. The molecule has 0 saturated carbocycles. The number of benzene rings is 3. The van der Waals surface area contributed by atoms with Crippen LogP contribution < -0.4 is 0 Å². The van der Waals surface area contributed by atoms with Gasteiger partial charge in [-0.15, -0.1) is 0 Å². The van der Waals surface area contributed by atoms with Crippen LogP contribution in [0, 0.1) is 6.57 Å². The van der Waals surface area contributed by atoms with E-state index in [1.807, 2.05) is 12.1 Å². The van der Waals surface area contributed by atoms with Gasteiger partial charge in [-0.2, -0.15) is 0 Å². The molecular formula is C32H31N3. The van der Waals surface area contributed by atoms with Crippen LogP contribution in [0.25, 0.3) is 43.6 Å². The van der Waals surface area contributed by atoms with Crippen molar-refractivity contribution in [1.82, 2.24) is 9.55 Å². The molecule has 174 valence electrons. The average molecular weight is 458 g/mol. The van der Waals surface area contributed by atoms with E-state index in [4.69, 9.17) is 6.57 Å². The Morgan fingerprint density at radius 1 is 0.714 bits per heavy atom. The predicted octanol–water partition coefficient (Wildman–Crippen LogP) is 8.99. The van der Waals surface area contributed by atoms with E-state index < -0.39 is 0 Å². The van der Waals surface area contributed by atoms with Crippen molar-refractivity contribution in [2.24, 2.45) is 0 Å². The van der Waals surface area contributed by atoms with Crippen LogP contribution in [0.15, 0.2) is 79.0 Å². The highest BCUT2D eigenvalue weighted by molar-refractivity contribution is 6.10. The molecular weight excluding hydrogens is 426 g/mol. The molecule has 0 saturated heterocycles. The van der Waals surface area contributed by atoms with Crippen molar-refractivity contribution in [3.63, 3.8) is 0 Å². The van der Waals surface area contributed by atoms with Crippen LogP contribution in [0.1, 0.15) is 52.7 Å². The first-order chi connectivity index (χ1) is 16.6. The molecule has 0 radical (unpaired) electrons. The number of para-hydroxylation sites is 1. The number of hydrogen-bond donors (Lipinski definition) is 0. The van der Waals surface area contributed by atoms with E-state index in [9.17, 15) is 0 Å². The van der Waals surface area contributed by atoms with E-state index in [1.165, 1.54) is 32.9 Å². The van der Waals surface area contributed by atoms with Crippen molar-refractivity contribution in [1.29, 1.82) is 0 Å². The topological polar surface area (TPSA) is 22.2 Å². The number of hydrogen-bond acceptors (Lipinski definition) is 1. The lowest BCUT2D eigenvalue weighted by Gasteiger charge is -2.19. The van der Waals surface area contributed by atoms with Gasteiger partial charge in [0.2, 0.25) is 0 Å². The van der Waals surface area contributed by atoms with Crippen LogP contribution in [-0.4, -0.2) is 9.55 Å².